The molecule has 0 radical (unpaired) electrons. The molecule has 1 heterocycles. The molecule has 0 fully saturated rings. The number of carbonyl (C=O) groups excluding carboxylic acids is 1. The molecule has 0 unspecified atom stereocenters. The van der Waals surface area contributed by atoms with Gasteiger partial charge in [0.1, 0.15) is 0 Å². The lowest BCUT2D eigenvalue weighted by atomic mass is 10.2. The molecule has 6 heteroatoms. The van der Waals surface area contributed by atoms with Crippen LogP contribution in [0.3, 0.4) is 0 Å². The fourth-order valence-electron chi connectivity index (χ4n) is 1.66. The monoisotopic (exact) mass is 310 g/mol. The third kappa shape index (κ3) is 6.10. The number of carboxylic acid groups (broad SMARTS) is 1. The van der Waals surface area contributed by atoms with Crippen LogP contribution in [-0.2, 0) is 4.79 Å². The van der Waals surface area contributed by atoms with Crippen LogP contribution in [0.5, 0.6) is 0 Å². The standard InChI is InChI=1S/C15H22N2O3S/c1-11(2)17(3)9-4-8-16-15(20)14-12(7-10-21-14)5-6-13(18)19/h5-7,10-11H,4,8-9H2,1-3H3,(H,16,20)(H,18,19)/b6-5+. The number of amides is 1. The van der Waals surface area contributed by atoms with Crippen molar-refractivity contribution in [2.24, 2.45) is 0 Å². The van der Waals surface area contributed by atoms with Crippen molar-refractivity contribution in [3.05, 3.63) is 28.0 Å². The molecule has 1 aromatic heterocycles. The fourth-order valence-corrected chi connectivity index (χ4v) is 2.47. The minimum atomic E-state index is -1.02. The van der Waals surface area contributed by atoms with Crippen molar-refractivity contribution in [1.82, 2.24) is 10.2 Å². The van der Waals surface area contributed by atoms with Gasteiger partial charge in [0.25, 0.3) is 5.91 Å². The Balaban J connectivity index is 2.46. The average Bonchev–Trinajstić information content (AvgIpc) is 2.89. The predicted molar refractivity (Wildman–Crippen MR) is 85.7 cm³/mol. The van der Waals surface area contributed by atoms with Crippen LogP contribution in [0.4, 0.5) is 0 Å². The zero-order chi connectivity index (χ0) is 15.8. The fraction of sp³-hybridized carbons (Fsp3) is 0.467. The molecule has 5 nitrogen and oxygen atoms in total. The third-order valence-corrected chi connectivity index (χ3v) is 4.09. The number of nitrogens with zero attached hydrogens (tertiary/aromatic N) is 1. The summed E-state index contributed by atoms with van der Waals surface area (Å²) in [7, 11) is 2.06. The molecule has 0 saturated heterocycles. The van der Waals surface area contributed by atoms with Crippen molar-refractivity contribution in [1.29, 1.82) is 0 Å². The van der Waals surface area contributed by atoms with E-state index in [4.69, 9.17) is 5.11 Å². The van der Waals surface area contributed by atoms with E-state index in [1.54, 1.807) is 11.4 Å². The molecule has 1 aromatic rings. The second-order valence-electron chi connectivity index (χ2n) is 5.06. The van der Waals surface area contributed by atoms with E-state index in [2.05, 4.69) is 31.1 Å². The number of nitrogens with one attached hydrogen (secondary N) is 1. The zero-order valence-corrected chi connectivity index (χ0v) is 13.4. The lowest BCUT2D eigenvalue weighted by molar-refractivity contribution is -0.131. The SMILES string of the molecule is CC(C)N(C)CCCNC(=O)c1sccc1/C=C/C(=O)O. The van der Waals surface area contributed by atoms with E-state index in [1.165, 1.54) is 17.4 Å². The molecular formula is C15H22N2O3S. The molecule has 1 amide bonds. The van der Waals surface area contributed by atoms with Gasteiger partial charge in [0.05, 0.1) is 4.88 Å². The van der Waals surface area contributed by atoms with Gasteiger partial charge >= 0.3 is 5.97 Å². The first-order chi connectivity index (χ1) is 9.91. The van der Waals surface area contributed by atoms with Crippen LogP contribution in [0.2, 0.25) is 0 Å². The van der Waals surface area contributed by atoms with Gasteiger partial charge < -0.3 is 15.3 Å². The second-order valence-corrected chi connectivity index (χ2v) is 5.98. The first-order valence-electron chi connectivity index (χ1n) is 6.88. The molecule has 0 aliphatic rings. The maximum absolute atomic E-state index is 12.1. The Hall–Kier alpha value is -1.66. The zero-order valence-electron chi connectivity index (χ0n) is 12.6. The number of hydrogen-bond acceptors (Lipinski definition) is 4. The molecule has 0 atom stereocenters. The van der Waals surface area contributed by atoms with Crippen LogP contribution in [0.25, 0.3) is 6.08 Å². The smallest absolute Gasteiger partial charge is 0.328 e. The molecule has 1 rings (SSSR count). The Morgan fingerprint density at radius 3 is 2.81 bits per heavy atom. The van der Waals surface area contributed by atoms with Crippen molar-refractivity contribution >= 4 is 29.3 Å². The minimum Gasteiger partial charge on any atom is -0.478 e. The van der Waals surface area contributed by atoms with Gasteiger partial charge in [-0.05, 0) is 56.9 Å². The normalized spacial score (nSPS) is 11.5. The van der Waals surface area contributed by atoms with Crippen LogP contribution in [0.15, 0.2) is 17.5 Å². The van der Waals surface area contributed by atoms with Gasteiger partial charge in [-0.3, -0.25) is 4.79 Å². The van der Waals surface area contributed by atoms with E-state index in [1.807, 2.05) is 0 Å². The summed E-state index contributed by atoms with van der Waals surface area (Å²) in [5.74, 6) is -1.17. The van der Waals surface area contributed by atoms with Crippen LogP contribution in [0.1, 0.15) is 35.5 Å². The van der Waals surface area contributed by atoms with E-state index in [0.29, 0.717) is 23.0 Å². The number of carboxylic acids is 1. The Morgan fingerprint density at radius 1 is 1.48 bits per heavy atom. The van der Waals surface area contributed by atoms with Gasteiger partial charge in [0, 0.05) is 18.7 Å². The van der Waals surface area contributed by atoms with Crippen LogP contribution in [-0.4, -0.2) is 48.1 Å². The maximum Gasteiger partial charge on any atom is 0.328 e. The Kier molecular flexibility index (Phi) is 7.11. The first-order valence-corrected chi connectivity index (χ1v) is 7.76. The molecule has 21 heavy (non-hydrogen) atoms. The van der Waals surface area contributed by atoms with Gasteiger partial charge in [-0.2, -0.15) is 0 Å². The summed E-state index contributed by atoms with van der Waals surface area (Å²) in [6.07, 6.45) is 3.36. The summed E-state index contributed by atoms with van der Waals surface area (Å²) in [6.45, 7) is 5.79. The Labute approximate surface area is 129 Å². The summed E-state index contributed by atoms with van der Waals surface area (Å²) >= 11 is 1.31. The largest absolute Gasteiger partial charge is 0.478 e. The molecule has 116 valence electrons. The van der Waals surface area contributed by atoms with Gasteiger partial charge in [-0.1, -0.05) is 0 Å². The van der Waals surface area contributed by atoms with Crippen LogP contribution in [0, 0.1) is 0 Å². The molecule has 0 aliphatic carbocycles. The summed E-state index contributed by atoms with van der Waals surface area (Å²) in [4.78, 5) is 25.3. The Morgan fingerprint density at radius 2 is 2.19 bits per heavy atom. The number of hydrogen-bond donors (Lipinski definition) is 2. The molecule has 0 spiro atoms. The van der Waals surface area contributed by atoms with Gasteiger partial charge in [-0.25, -0.2) is 4.79 Å². The van der Waals surface area contributed by atoms with Crippen LogP contribution >= 0.6 is 11.3 Å². The minimum absolute atomic E-state index is 0.151. The Bertz CT molecular complexity index is 509. The summed E-state index contributed by atoms with van der Waals surface area (Å²) in [5, 5.41) is 13.3. The van der Waals surface area contributed by atoms with Gasteiger partial charge in [-0.15, -0.1) is 11.3 Å². The highest BCUT2D eigenvalue weighted by molar-refractivity contribution is 7.12. The van der Waals surface area contributed by atoms with Gasteiger partial charge in [0.2, 0.25) is 0 Å². The third-order valence-electron chi connectivity index (χ3n) is 3.16. The number of thiophene rings is 1. The van der Waals surface area contributed by atoms with E-state index >= 15 is 0 Å². The second kappa shape index (κ2) is 8.59. The highest BCUT2D eigenvalue weighted by Crippen LogP contribution is 2.18. The highest BCUT2D eigenvalue weighted by Gasteiger charge is 2.11. The predicted octanol–water partition coefficient (Wildman–Crippen LogP) is 2.31. The van der Waals surface area contributed by atoms with E-state index < -0.39 is 5.97 Å². The topological polar surface area (TPSA) is 69.6 Å². The quantitative estimate of drug-likeness (QED) is 0.571. The van der Waals surface area contributed by atoms with Crippen LogP contribution < -0.4 is 5.32 Å². The molecule has 2 N–H and O–H groups in total. The van der Waals surface area contributed by atoms with Crippen molar-refractivity contribution in [2.75, 3.05) is 20.1 Å². The summed E-state index contributed by atoms with van der Waals surface area (Å²) < 4.78 is 0. The van der Waals surface area contributed by atoms with Crippen molar-refractivity contribution in [3.8, 4) is 0 Å². The number of rotatable bonds is 8. The number of carbonyl (C=O) groups is 2. The molecule has 0 bridgehead atoms. The van der Waals surface area contributed by atoms with Crippen molar-refractivity contribution in [2.45, 2.75) is 26.3 Å². The van der Waals surface area contributed by atoms with E-state index in [0.717, 1.165) is 19.0 Å². The van der Waals surface area contributed by atoms with E-state index in [9.17, 15) is 9.59 Å². The van der Waals surface area contributed by atoms with Crippen molar-refractivity contribution in [3.63, 3.8) is 0 Å². The van der Waals surface area contributed by atoms with E-state index in [-0.39, 0.29) is 5.91 Å². The summed E-state index contributed by atoms with van der Waals surface area (Å²) in [6, 6.07) is 2.23. The average molecular weight is 310 g/mol. The molecule has 0 aliphatic heterocycles. The lowest BCUT2D eigenvalue weighted by Gasteiger charge is -2.20. The number of aliphatic carboxylic acids is 1. The molecule has 0 aromatic carbocycles. The van der Waals surface area contributed by atoms with Gasteiger partial charge in [0.15, 0.2) is 0 Å². The summed E-state index contributed by atoms with van der Waals surface area (Å²) in [5.41, 5.74) is 0.638. The molecule has 0 saturated carbocycles. The first kappa shape index (κ1) is 17.4. The maximum atomic E-state index is 12.1. The highest BCUT2D eigenvalue weighted by atomic mass is 32.1. The van der Waals surface area contributed by atoms with Crippen molar-refractivity contribution < 1.29 is 14.7 Å². The lowest BCUT2D eigenvalue weighted by Crippen LogP contribution is -2.31. The molecular weight excluding hydrogens is 288 g/mol.